The van der Waals surface area contributed by atoms with Crippen molar-refractivity contribution in [3.63, 3.8) is 0 Å². The van der Waals surface area contributed by atoms with E-state index < -0.39 is 11.9 Å². The van der Waals surface area contributed by atoms with E-state index in [0.29, 0.717) is 19.0 Å². The first-order chi connectivity index (χ1) is 7.85. The predicted molar refractivity (Wildman–Crippen MR) is 62.3 cm³/mol. The summed E-state index contributed by atoms with van der Waals surface area (Å²) in [6.07, 6.45) is -1.12. The Hall–Kier alpha value is -0.620. The van der Waals surface area contributed by atoms with Crippen LogP contribution in [0.3, 0.4) is 0 Å². The normalized spacial score (nSPS) is 24.5. The summed E-state index contributed by atoms with van der Waals surface area (Å²) in [7, 11) is 0. The smallest absolute Gasteiger partial charge is 0.163 e. The van der Waals surface area contributed by atoms with Crippen LogP contribution >= 0.6 is 0 Å². The van der Waals surface area contributed by atoms with E-state index in [0.717, 1.165) is 5.57 Å². The summed E-state index contributed by atoms with van der Waals surface area (Å²) in [6, 6.07) is 0. The van der Waals surface area contributed by atoms with Crippen LogP contribution in [-0.2, 0) is 14.2 Å². The fraction of sp³-hybridized carbons (Fsp3) is 0.833. The topological polar surface area (TPSA) is 68.2 Å². The molecule has 1 saturated heterocycles. The van der Waals surface area contributed by atoms with E-state index in [1.165, 1.54) is 0 Å². The molecule has 0 spiro atoms. The molecule has 0 bridgehead atoms. The molecule has 0 aromatic heterocycles. The van der Waals surface area contributed by atoms with Crippen molar-refractivity contribution in [1.82, 2.24) is 0 Å². The van der Waals surface area contributed by atoms with Crippen LogP contribution in [0.15, 0.2) is 11.3 Å². The van der Waals surface area contributed by atoms with Crippen molar-refractivity contribution in [3.05, 3.63) is 11.3 Å². The van der Waals surface area contributed by atoms with Crippen molar-refractivity contribution in [1.29, 1.82) is 0 Å². The van der Waals surface area contributed by atoms with Gasteiger partial charge in [-0.05, 0) is 33.3 Å². The molecule has 1 aliphatic rings. The average Bonchev–Trinajstić information content (AvgIpc) is 2.57. The number of aliphatic hydroxyl groups excluding tert-OH is 2. The molecule has 2 N–H and O–H groups in total. The van der Waals surface area contributed by atoms with Crippen LogP contribution in [0.1, 0.15) is 27.7 Å². The molecule has 17 heavy (non-hydrogen) atoms. The first-order valence-corrected chi connectivity index (χ1v) is 5.76. The summed E-state index contributed by atoms with van der Waals surface area (Å²) in [6.45, 7) is 7.76. The Bertz CT molecular complexity index is 281. The first-order valence-electron chi connectivity index (χ1n) is 5.76. The lowest BCUT2D eigenvalue weighted by Gasteiger charge is -2.20. The van der Waals surface area contributed by atoms with Crippen LogP contribution in [-0.4, -0.2) is 48.0 Å². The van der Waals surface area contributed by atoms with E-state index in [1.54, 1.807) is 0 Å². The van der Waals surface area contributed by atoms with E-state index in [4.69, 9.17) is 19.3 Å². The third-order valence-corrected chi connectivity index (χ3v) is 2.46. The highest BCUT2D eigenvalue weighted by Crippen LogP contribution is 2.23. The zero-order chi connectivity index (χ0) is 13.1. The zero-order valence-electron chi connectivity index (χ0n) is 10.9. The fourth-order valence-corrected chi connectivity index (χ4v) is 1.68. The standard InChI is InChI=1S/C12H22O5/c1-8(2)11(10(14)5-13)15-6-9-7-16-12(3,4)17-9/h9-10,13-14H,5-7H2,1-4H3. The molecule has 1 heterocycles. The van der Waals surface area contributed by atoms with Crippen molar-refractivity contribution in [3.8, 4) is 0 Å². The van der Waals surface area contributed by atoms with Gasteiger partial charge in [-0.15, -0.1) is 0 Å². The van der Waals surface area contributed by atoms with Gasteiger partial charge in [-0.2, -0.15) is 0 Å². The Labute approximate surface area is 102 Å². The van der Waals surface area contributed by atoms with Crippen molar-refractivity contribution >= 4 is 0 Å². The highest BCUT2D eigenvalue weighted by molar-refractivity contribution is 5.07. The van der Waals surface area contributed by atoms with Crippen LogP contribution in [0.25, 0.3) is 0 Å². The Kier molecular flexibility index (Phi) is 4.94. The van der Waals surface area contributed by atoms with Gasteiger partial charge in [-0.3, -0.25) is 0 Å². The highest BCUT2D eigenvalue weighted by Gasteiger charge is 2.33. The minimum atomic E-state index is -0.977. The SMILES string of the molecule is CC(C)=C(OCC1COC(C)(C)O1)C(O)CO. The van der Waals surface area contributed by atoms with Crippen LogP contribution in [0.2, 0.25) is 0 Å². The summed E-state index contributed by atoms with van der Waals surface area (Å²) in [5.74, 6) is -0.171. The lowest BCUT2D eigenvalue weighted by Crippen LogP contribution is -2.26. The van der Waals surface area contributed by atoms with Gasteiger partial charge in [0.05, 0.1) is 13.2 Å². The van der Waals surface area contributed by atoms with Crippen LogP contribution < -0.4 is 0 Å². The monoisotopic (exact) mass is 246 g/mol. The van der Waals surface area contributed by atoms with E-state index in [-0.39, 0.29) is 12.7 Å². The van der Waals surface area contributed by atoms with Gasteiger partial charge >= 0.3 is 0 Å². The summed E-state index contributed by atoms with van der Waals surface area (Å²) in [4.78, 5) is 0. The van der Waals surface area contributed by atoms with E-state index in [2.05, 4.69) is 0 Å². The van der Waals surface area contributed by atoms with Crippen molar-refractivity contribution in [2.75, 3.05) is 19.8 Å². The van der Waals surface area contributed by atoms with Gasteiger partial charge in [0.2, 0.25) is 0 Å². The van der Waals surface area contributed by atoms with Crippen LogP contribution in [0.4, 0.5) is 0 Å². The number of ether oxygens (including phenoxy) is 3. The highest BCUT2D eigenvalue weighted by atomic mass is 16.7. The molecular formula is C12H22O5. The summed E-state index contributed by atoms with van der Waals surface area (Å²) in [5.41, 5.74) is 0.838. The largest absolute Gasteiger partial charge is 0.492 e. The summed E-state index contributed by atoms with van der Waals surface area (Å²) >= 11 is 0. The Morgan fingerprint density at radius 2 is 2.12 bits per heavy atom. The summed E-state index contributed by atoms with van der Waals surface area (Å²) in [5, 5.41) is 18.5. The van der Waals surface area contributed by atoms with Crippen molar-refractivity contribution in [2.45, 2.75) is 45.7 Å². The number of hydrogen-bond donors (Lipinski definition) is 2. The third-order valence-electron chi connectivity index (χ3n) is 2.46. The number of allylic oxidation sites excluding steroid dienone is 1. The maximum atomic E-state index is 9.56. The molecule has 1 aliphatic heterocycles. The minimum Gasteiger partial charge on any atom is -0.492 e. The van der Waals surface area contributed by atoms with Crippen LogP contribution in [0, 0.1) is 0 Å². The average molecular weight is 246 g/mol. The van der Waals surface area contributed by atoms with E-state index in [9.17, 15) is 5.11 Å². The molecule has 5 nitrogen and oxygen atoms in total. The lowest BCUT2D eigenvalue weighted by molar-refractivity contribution is -0.144. The summed E-state index contributed by atoms with van der Waals surface area (Å²) < 4.78 is 16.5. The molecule has 0 aliphatic carbocycles. The maximum Gasteiger partial charge on any atom is 0.163 e. The molecule has 2 unspecified atom stereocenters. The molecule has 100 valence electrons. The Balaban J connectivity index is 2.47. The minimum absolute atomic E-state index is 0.148. The second kappa shape index (κ2) is 5.82. The van der Waals surface area contributed by atoms with Gasteiger partial charge < -0.3 is 24.4 Å². The lowest BCUT2D eigenvalue weighted by atomic mass is 10.2. The molecule has 0 aromatic rings. The van der Waals surface area contributed by atoms with Gasteiger partial charge in [0.25, 0.3) is 0 Å². The van der Waals surface area contributed by atoms with Gasteiger partial charge in [-0.25, -0.2) is 0 Å². The molecule has 2 atom stereocenters. The molecule has 1 fully saturated rings. The van der Waals surface area contributed by atoms with Crippen molar-refractivity contribution < 1.29 is 24.4 Å². The number of rotatable bonds is 5. The number of aliphatic hydroxyl groups is 2. The van der Waals surface area contributed by atoms with Gasteiger partial charge in [0.15, 0.2) is 5.79 Å². The first kappa shape index (κ1) is 14.4. The fourth-order valence-electron chi connectivity index (χ4n) is 1.68. The third kappa shape index (κ3) is 4.27. The van der Waals surface area contributed by atoms with E-state index >= 15 is 0 Å². The maximum absolute atomic E-state index is 9.56. The van der Waals surface area contributed by atoms with E-state index in [1.807, 2.05) is 27.7 Å². The molecule has 0 aromatic carbocycles. The molecule has 0 radical (unpaired) electrons. The zero-order valence-corrected chi connectivity index (χ0v) is 10.9. The van der Waals surface area contributed by atoms with Crippen molar-refractivity contribution in [2.24, 2.45) is 0 Å². The Morgan fingerprint density at radius 3 is 2.53 bits per heavy atom. The molecule has 0 saturated carbocycles. The molecule has 0 amide bonds. The second-order valence-electron chi connectivity index (χ2n) is 4.82. The molecule has 1 rings (SSSR count). The van der Waals surface area contributed by atoms with Gasteiger partial charge in [0.1, 0.15) is 24.6 Å². The Morgan fingerprint density at radius 1 is 1.47 bits per heavy atom. The number of hydrogen-bond acceptors (Lipinski definition) is 5. The molecular weight excluding hydrogens is 224 g/mol. The van der Waals surface area contributed by atoms with Gasteiger partial charge in [0, 0.05) is 0 Å². The van der Waals surface area contributed by atoms with Crippen LogP contribution in [0.5, 0.6) is 0 Å². The predicted octanol–water partition coefficient (Wildman–Crippen LogP) is 0.802. The van der Waals surface area contributed by atoms with Gasteiger partial charge in [-0.1, -0.05) is 0 Å². The second-order valence-corrected chi connectivity index (χ2v) is 4.82. The molecule has 5 heteroatoms. The quantitative estimate of drug-likeness (QED) is 0.702.